The Kier molecular flexibility index (Phi) is 5.36. The van der Waals surface area contributed by atoms with Crippen molar-refractivity contribution in [1.29, 1.82) is 0 Å². The van der Waals surface area contributed by atoms with E-state index in [1.165, 1.54) is 0 Å². The molecule has 0 radical (unpaired) electrons. The molecule has 1 aromatic rings. The Morgan fingerprint density at radius 3 is 2.37 bits per heavy atom. The number of carbonyl (C=O) groups excluding carboxylic acids is 1. The Morgan fingerprint density at radius 1 is 1.32 bits per heavy atom. The highest BCUT2D eigenvalue weighted by atomic mass is 16.6. The summed E-state index contributed by atoms with van der Waals surface area (Å²) in [6.07, 6.45) is -0.622. The van der Waals surface area contributed by atoms with Gasteiger partial charge in [-0.25, -0.2) is 4.79 Å². The molecule has 0 spiro atoms. The number of amides is 1. The van der Waals surface area contributed by atoms with E-state index in [1.807, 2.05) is 37.3 Å². The SMILES string of the molecule is CC[C@H](NC(=O)OC(C)(C)C)[C@H](O)c1ccccc1. The second-order valence-electron chi connectivity index (χ2n) is 5.52. The van der Waals surface area contributed by atoms with E-state index < -0.39 is 17.8 Å². The molecule has 1 amide bonds. The molecule has 1 aromatic carbocycles. The third-order valence-electron chi connectivity index (χ3n) is 2.66. The van der Waals surface area contributed by atoms with Crippen molar-refractivity contribution in [3.63, 3.8) is 0 Å². The maximum atomic E-state index is 11.7. The molecule has 0 bridgehead atoms. The monoisotopic (exact) mass is 265 g/mol. The first kappa shape index (κ1) is 15.5. The van der Waals surface area contributed by atoms with Gasteiger partial charge in [0.25, 0.3) is 0 Å². The molecule has 0 heterocycles. The number of hydrogen-bond donors (Lipinski definition) is 2. The minimum Gasteiger partial charge on any atom is -0.444 e. The number of ether oxygens (including phenoxy) is 1. The van der Waals surface area contributed by atoms with Gasteiger partial charge in [0.2, 0.25) is 0 Å². The maximum Gasteiger partial charge on any atom is 0.407 e. The van der Waals surface area contributed by atoms with Gasteiger partial charge >= 0.3 is 6.09 Å². The summed E-state index contributed by atoms with van der Waals surface area (Å²) in [5.41, 5.74) is 0.241. The molecule has 106 valence electrons. The molecule has 2 atom stereocenters. The Labute approximate surface area is 114 Å². The summed E-state index contributed by atoms with van der Waals surface area (Å²) in [5, 5.41) is 13.0. The zero-order chi connectivity index (χ0) is 14.5. The van der Waals surface area contributed by atoms with E-state index in [-0.39, 0.29) is 6.04 Å². The normalized spacial score (nSPS) is 14.6. The Morgan fingerprint density at radius 2 is 1.89 bits per heavy atom. The van der Waals surface area contributed by atoms with Crippen LogP contribution in [0.2, 0.25) is 0 Å². The highest BCUT2D eigenvalue weighted by Gasteiger charge is 2.24. The third-order valence-corrected chi connectivity index (χ3v) is 2.66. The molecule has 19 heavy (non-hydrogen) atoms. The zero-order valence-corrected chi connectivity index (χ0v) is 12.0. The van der Waals surface area contributed by atoms with Gasteiger partial charge in [0.1, 0.15) is 5.60 Å². The van der Waals surface area contributed by atoms with Crippen LogP contribution in [0.1, 0.15) is 45.8 Å². The lowest BCUT2D eigenvalue weighted by Crippen LogP contribution is -2.42. The van der Waals surface area contributed by atoms with Crippen LogP contribution in [-0.2, 0) is 4.74 Å². The van der Waals surface area contributed by atoms with Crippen molar-refractivity contribution >= 4 is 6.09 Å². The number of alkyl carbamates (subject to hydrolysis) is 1. The minimum absolute atomic E-state index is 0.364. The maximum absolute atomic E-state index is 11.7. The number of carbonyl (C=O) groups is 1. The first-order valence-corrected chi connectivity index (χ1v) is 6.56. The van der Waals surface area contributed by atoms with E-state index in [9.17, 15) is 9.90 Å². The lowest BCUT2D eigenvalue weighted by atomic mass is 10.0. The second kappa shape index (κ2) is 6.57. The molecular weight excluding hydrogens is 242 g/mol. The van der Waals surface area contributed by atoms with E-state index in [0.29, 0.717) is 6.42 Å². The van der Waals surface area contributed by atoms with Crippen LogP contribution in [0.25, 0.3) is 0 Å². The van der Waals surface area contributed by atoms with Crippen molar-refractivity contribution in [3.8, 4) is 0 Å². The van der Waals surface area contributed by atoms with Crippen molar-refractivity contribution in [3.05, 3.63) is 35.9 Å². The number of benzene rings is 1. The lowest BCUT2D eigenvalue weighted by Gasteiger charge is -2.26. The summed E-state index contributed by atoms with van der Waals surface area (Å²) in [6.45, 7) is 7.33. The van der Waals surface area contributed by atoms with Gasteiger partial charge in [0.05, 0.1) is 12.1 Å². The average molecular weight is 265 g/mol. The van der Waals surface area contributed by atoms with Crippen LogP contribution < -0.4 is 5.32 Å². The van der Waals surface area contributed by atoms with Crippen LogP contribution in [0.5, 0.6) is 0 Å². The second-order valence-corrected chi connectivity index (χ2v) is 5.52. The first-order chi connectivity index (χ1) is 8.83. The fourth-order valence-corrected chi connectivity index (χ4v) is 1.75. The minimum atomic E-state index is -0.737. The van der Waals surface area contributed by atoms with Gasteiger partial charge < -0.3 is 15.2 Å². The molecule has 0 aliphatic carbocycles. The summed E-state index contributed by atoms with van der Waals surface area (Å²) in [4.78, 5) is 11.7. The summed E-state index contributed by atoms with van der Waals surface area (Å²) in [6, 6.07) is 8.92. The van der Waals surface area contributed by atoms with E-state index >= 15 is 0 Å². The molecule has 4 nitrogen and oxygen atoms in total. The molecule has 0 saturated heterocycles. The molecule has 2 N–H and O–H groups in total. The van der Waals surface area contributed by atoms with E-state index in [2.05, 4.69) is 5.32 Å². The Balaban J connectivity index is 2.66. The van der Waals surface area contributed by atoms with Gasteiger partial charge in [0.15, 0.2) is 0 Å². The predicted molar refractivity (Wildman–Crippen MR) is 74.9 cm³/mol. The van der Waals surface area contributed by atoms with Crippen LogP contribution in [0.3, 0.4) is 0 Å². The fraction of sp³-hybridized carbons (Fsp3) is 0.533. The topological polar surface area (TPSA) is 58.6 Å². The number of hydrogen-bond acceptors (Lipinski definition) is 3. The Hall–Kier alpha value is -1.55. The quantitative estimate of drug-likeness (QED) is 0.879. The first-order valence-electron chi connectivity index (χ1n) is 6.56. The molecule has 4 heteroatoms. The highest BCUT2D eigenvalue weighted by Crippen LogP contribution is 2.19. The van der Waals surface area contributed by atoms with Crippen molar-refractivity contribution in [2.45, 2.75) is 51.9 Å². The van der Waals surface area contributed by atoms with E-state index in [1.54, 1.807) is 20.8 Å². The average Bonchev–Trinajstić information content (AvgIpc) is 2.34. The van der Waals surface area contributed by atoms with Crippen LogP contribution in [0.15, 0.2) is 30.3 Å². The summed E-state index contributed by atoms with van der Waals surface area (Å²) < 4.78 is 5.19. The van der Waals surface area contributed by atoms with Crippen molar-refractivity contribution in [2.75, 3.05) is 0 Å². The van der Waals surface area contributed by atoms with Crippen molar-refractivity contribution < 1.29 is 14.6 Å². The van der Waals surface area contributed by atoms with Gasteiger partial charge in [-0.05, 0) is 32.8 Å². The fourth-order valence-electron chi connectivity index (χ4n) is 1.75. The van der Waals surface area contributed by atoms with Crippen LogP contribution in [0.4, 0.5) is 4.79 Å². The van der Waals surface area contributed by atoms with Gasteiger partial charge in [-0.2, -0.15) is 0 Å². The lowest BCUT2D eigenvalue weighted by molar-refractivity contribution is 0.0417. The largest absolute Gasteiger partial charge is 0.444 e. The summed E-state index contributed by atoms with van der Waals surface area (Å²) in [5.74, 6) is 0. The molecule has 0 fully saturated rings. The molecule has 0 aliphatic heterocycles. The summed E-state index contributed by atoms with van der Waals surface area (Å²) in [7, 11) is 0. The zero-order valence-electron chi connectivity index (χ0n) is 12.0. The third kappa shape index (κ3) is 5.30. The number of nitrogens with one attached hydrogen (secondary N) is 1. The van der Waals surface area contributed by atoms with E-state index in [4.69, 9.17) is 4.74 Å². The Bertz CT molecular complexity index is 398. The predicted octanol–water partition coefficient (Wildman–Crippen LogP) is 3.02. The molecule has 1 rings (SSSR count). The summed E-state index contributed by atoms with van der Waals surface area (Å²) >= 11 is 0. The molecular formula is C15H23NO3. The number of aliphatic hydroxyl groups is 1. The van der Waals surface area contributed by atoms with Crippen LogP contribution >= 0.6 is 0 Å². The standard InChI is InChI=1S/C15H23NO3/c1-5-12(16-14(18)19-15(2,3)4)13(17)11-9-7-6-8-10-11/h6-10,12-13,17H,5H2,1-4H3,(H,16,18)/t12-,13+/m0/s1. The number of rotatable bonds is 4. The molecule has 0 saturated carbocycles. The van der Waals surface area contributed by atoms with Crippen LogP contribution in [-0.4, -0.2) is 22.8 Å². The molecule has 0 aliphatic rings. The van der Waals surface area contributed by atoms with Gasteiger partial charge in [0, 0.05) is 0 Å². The number of aliphatic hydroxyl groups excluding tert-OH is 1. The highest BCUT2D eigenvalue weighted by molar-refractivity contribution is 5.68. The molecule has 0 unspecified atom stereocenters. The van der Waals surface area contributed by atoms with Gasteiger partial charge in [-0.1, -0.05) is 37.3 Å². The van der Waals surface area contributed by atoms with Crippen LogP contribution in [0, 0.1) is 0 Å². The van der Waals surface area contributed by atoms with Gasteiger partial charge in [-0.15, -0.1) is 0 Å². The molecule has 0 aromatic heterocycles. The smallest absolute Gasteiger partial charge is 0.407 e. The van der Waals surface area contributed by atoms with Gasteiger partial charge in [-0.3, -0.25) is 0 Å². The van der Waals surface area contributed by atoms with E-state index in [0.717, 1.165) is 5.56 Å². The van der Waals surface area contributed by atoms with Crippen molar-refractivity contribution in [1.82, 2.24) is 5.32 Å². The van der Waals surface area contributed by atoms with Crippen molar-refractivity contribution in [2.24, 2.45) is 0 Å².